The Morgan fingerprint density at radius 1 is 1.42 bits per heavy atom. The average molecular weight is 262 g/mol. The second-order valence-corrected chi connectivity index (χ2v) is 5.36. The monoisotopic (exact) mass is 262 g/mol. The van der Waals surface area contributed by atoms with E-state index in [-0.39, 0.29) is 0 Å². The van der Waals surface area contributed by atoms with Crippen molar-refractivity contribution in [1.82, 2.24) is 5.32 Å². The minimum absolute atomic E-state index is 0.412. The number of rotatable bonds is 5. The molecule has 0 saturated carbocycles. The fourth-order valence-corrected chi connectivity index (χ4v) is 2.98. The number of piperidine rings is 1. The molecule has 3 N–H and O–H groups in total. The smallest absolute Gasteiger partial charge is 0.122 e. The lowest BCUT2D eigenvalue weighted by atomic mass is 9.86. The fourth-order valence-electron chi connectivity index (χ4n) is 2.98. The molecule has 2 unspecified atom stereocenters. The van der Waals surface area contributed by atoms with Crippen LogP contribution < -0.4 is 15.8 Å². The predicted octanol–water partition coefficient (Wildman–Crippen LogP) is 2.58. The quantitative estimate of drug-likeness (QED) is 0.857. The number of ether oxygens (including phenoxy) is 1. The molecule has 1 aliphatic heterocycles. The first-order valence-corrected chi connectivity index (χ1v) is 7.43. The number of aryl methyl sites for hydroxylation is 1. The van der Waals surface area contributed by atoms with Crippen LogP contribution in [-0.2, 0) is 0 Å². The van der Waals surface area contributed by atoms with Gasteiger partial charge in [-0.05, 0) is 50.4 Å². The highest BCUT2D eigenvalue weighted by Crippen LogP contribution is 2.28. The van der Waals surface area contributed by atoms with E-state index in [4.69, 9.17) is 10.5 Å². The molecule has 1 fully saturated rings. The lowest BCUT2D eigenvalue weighted by Crippen LogP contribution is -2.41. The Morgan fingerprint density at radius 2 is 2.26 bits per heavy atom. The zero-order valence-electron chi connectivity index (χ0n) is 12.1. The van der Waals surface area contributed by atoms with Gasteiger partial charge in [-0.1, -0.05) is 18.6 Å². The van der Waals surface area contributed by atoms with Crippen LogP contribution >= 0.6 is 0 Å². The third kappa shape index (κ3) is 3.48. The van der Waals surface area contributed by atoms with Gasteiger partial charge in [-0.15, -0.1) is 0 Å². The molecule has 1 aromatic rings. The van der Waals surface area contributed by atoms with E-state index < -0.39 is 0 Å². The van der Waals surface area contributed by atoms with E-state index in [1.54, 1.807) is 0 Å². The molecule has 2 atom stereocenters. The van der Waals surface area contributed by atoms with Crippen LogP contribution in [-0.4, -0.2) is 25.7 Å². The van der Waals surface area contributed by atoms with Crippen molar-refractivity contribution in [3.63, 3.8) is 0 Å². The second kappa shape index (κ2) is 6.92. The van der Waals surface area contributed by atoms with Crippen LogP contribution in [0.4, 0.5) is 0 Å². The molecular formula is C16H26N2O. The van der Waals surface area contributed by atoms with Gasteiger partial charge in [0.15, 0.2) is 0 Å². The van der Waals surface area contributed by atoms with Crippen LogP contribution in [0, 0.1) is 6.92 Å². The van der Waals surface area contributed by atoms with Crippen molar-refractivity contribution in [3.8, 4) is 5.75 Å². The molecule has 3 nitrogen and oxygen atoms in total. The van der Waals surface area contributed by atoms with Gasteiger partial charge in [-0.3, -0.25) is 0 Å². The number of benzene rings is 1. The zero-order valence-corrected chi connectivity index (χ0v) is 12.1. The van der Waals surface area contributed by atoms with Crippen molar-refractivity contribution in [2.75, 3.05) is 19.7 Å². The number of nitrogens with two attached hydrogens (primary N) is 1. The van der Waals surface area contributed by atoms with Gasteiger partial charge in [0.05, 0.1) is 6.61 Å². The van der Waals surface area contributed by atoms with Gasteiger partial charge in [0, 0.05) is 18.5 Å². The molecule has 1 aliphatic rings. The molecule has 0 spiro atoms. The molecule has 1 aromatic carbocycles. The summed E-state index contributed by atoms with van der Waals surface area (Å²) in [6, 6.07) is 7.01. The normalized spacial score (nSPS) is 21.1. The molecule has 3 heteroatoms. The third-order valence-corrected chi connectivity index (χ3v) is 4.02. The fraction of sp³-hybridized carbons (Fsp3) is 0.625. The maximum atomic E-state index is 6.01. The highest BCUT2D eigenvalue weighted by Gasteiger charge is 2.23. The molecule has 0 aromatic heterocycles. The van der Waals surface area contributed by atoms with E-state index in [0.717, 1.165) is 12.3 Å². The van der Waals surface area contributed by atoms with E-state index in [2.05, 4.69) is 30.4 Å². The average Bonchev–Trinajstić information content (AvgIpc) is 2.44. The van der Waals surface area contributed by atoms with Gasteiger partial charge in [-0.25, -0.2) is 0 Å². The van der Waals surface area contributed by atoms with Crippen LogP contribution in [0.3, 0.4) is 0 Å². The van der Waals surface area contributed by atoms with E-state index >= 15 is 0 Å². The first-order chi connectivity index (χ1) is 9.26. The third-order valence-electron chi connectivity index (χ3n) is 4.02. The van der Waals surface area contributed by atoms with E-state index in [9.17, 15) is 0 Å². The Labute approximate surface area is 116 Å². The van der Waals surface area contributed by atoms with Gasteiger partial charge in [0.2, 0.25) is 0 Å². The van der Waals surface area contributed by atoms with Gasteiger partial charge in [0.1, 0.15) is 5.75 Å². The largest absolute Gasteiger partial charge is 0.494 e. The summed E-state index contributed by atoms with van der Waals surface area (Å²) in [6.45, 7) is 6.66. The Morgan fingerprint density at radius 3 is 2.84 bits per heavy atom. The van der Waals surface area contributed by atoms with Gasteiger partial charge in [0.25, 0.3) is 0 Å². The summed E-state index contributed by atoms with van der Waals surface area (Å²) in [5.41, 5.74) is 8.55. The van der Waals surface area contributed by atoms with E-state index in [1.165, 1.54) is 30.4 Å². The first-order valence-electron chi connectivity index (χ1n) is 7.43. The maximum absolute atomic E-state index is 6.01. The minimum Gasteiger partial charge on any atom is -0.494 e. The highest BCUT2D eigenvalue weighted by molar-refractivity contribution is 5.38. The minimum atomic E-state index is 0.412. The van der Waals surface area contributed by atoms with Crippen molar-refractivity contribution >= 4 is 0 Å². The van der Waals surface area contributed by atoms with E-state index in [0.29, 0.717) is 25.1 Å². The van der Waals surface area contributed by atoms with Crippen molar-refractivity contribution in [2.45, 2.75) is 45.1 Å². The molecule has 0 amide bonds. The van der Waals surface area contributed by atoms with Crippen LogP contribution in [0.1, 0.15) is 43.2 Å². The molecule has 1 heterocycles. The van der Waals surface area contributed by atoms with E-state index in [1.807, 2.05) is 6.92 Å². The molecule has 1 saturated heterocycles. The van der Waals surface area contributed by atoms with Gasteiger partial charge in [-0.2, -0.15) is 0 Å². The molecule has 19 heavy (non-hydrogen) atoms. The summed E-state index contributed by atoms with van der Waals surface area (Å²) >= 11 is 0. The summed E-state index contributed by atoms with van der Waals surface area (Å²) in [5.74, 6) is 1.40. The number of hydrogen-bond donors (Lipinski definition) is 2. The number of hydrogen-bond acceptors (Lipinski definition) is 3. The van der Waals surface area contributed by atoms with Crippen LogP contribution in [0.2, 0.25) is 0 Å². The highest BCUT2D eigenvalue weighted by atomic mass is 16.5. The van der Waals surface area contributed by atoms with Crippen LogP contribution in [0.5, 0.6) is 5.75 Å². The number of nitrogens with one attached hydrogen (secondary N) is 1. The zero-order chi connectivity index (χ0) is 13.7. The predicted molar refractivity (Wildman–Crippen MR) is 79.8 cm³/mol. The van der Waals surface area contributed by atoms with Crippen molar-refractivity contribution in [1.29, 1.82) is 0 Å². The lowest BCUT2D eigenvalue weighted by Gasteiger charge is -2.31. The summed E-state index contributed by atoms with van der Waals surface area (Å²) in [5, 5.41) is 3.62. The van der Waals surface area contributed by atoms with Crippen LogP contribution in [0.25, 0.3) is 0 Å². The second-order valence-electron chi connectivity index (χ2n) is 5.36. The molecule has 0 bridgehead atoms. The molecular weight excluding hydrogens is 236 g/mol. The maximum Gasteiger partial charge on any atom is 0.122 e. The Kier molecular flexibility index (Phi) is 5.23. The standard InChI is InChI=1S/C16H26N2O/c1-3-19-16-8-7-13(10-12(16)2)14(11-17)15-6-4-5-9-18-15/h7-8,10,14-15,18H,3-6,9,11,17H2,1-2H3. The summed E-state index contributed by atoms with van der Waals surface area (Å²) in [6.07, 6.45) is 3.83. The summed E-state index contributed by atoms with van der Waals surface area (Å²) < 4.78 is 5.60. The lowest BCUT2D eigenvalue weighted by molar-refractivity contribution is 0.336. The summed E-state index contributed by atoms with van der Waals surface area (Å²) in [7, 11) is 0. The SMILES string of the molecule is CCOc1ccc(C(CN)C2CCCCN2)cc1C. The first kappa shape index (κ1) is 14.4. The summed E-state index contributed by atoms with van der Waals surface area (Å²) in [4.78, 5) is 0. The topological polar surface area (TPSA) is 47.3 Å². The molecule has 0 radical (unpaired) electrons. The van der Waals surface area contributed by atoms with Gasteiger partial charge >= 0.3 is 0 Å². The van der Waals surface area contributed by atoms with Gasteiger partial charge < -0.3 is 15.8 Å². The van der Waals surface area contributed by atoms with Crippen molar-refractivity contribution < 1.29 is 4.74 Å². The Hall–Kier alpha value is -1.06. The molecule has 0 aliphatic carbocycles. The van der Waals surface area contributed by atoms with Crippen LogP contribution in [0.15, 0.2) is 18.2 Å². The van der Waals surface area contributed by atoms with Crippen molar-refractivity contribution in [3.05, 3.63) is 29.3 Å². The molecule has 2 rings (SSSR count). The molecule has 106 valence electrons. The Bertz CT molecular complexity index is 400. The van der Waals surface area contributed by atoms with Crippen molar-refractivity contribution in [2.24, 2.45) is 5.73 Å². The Balaban J connectivity index is 2.15.